The van der Waals surface area contributed by atoms with E-state index in [1.807, 2.05) is 55.5 Å². The maximum atomic E-state index is 12.9. The molecule has 30 heavy (non-hydrogen) atoms. The third kappa shape index (κ3) is 4.50. The van der Waals surface area contributed by atoms with Gasteiger partial charge in [0.1, 0.15) is 5.75 Å². The minimum absolute atomic E-state index is 0.0235. The average Bonchev–Trinajstić information content (AvgIpc) is 2.77. The zero-order valence-corrected chi connectivity index (χ0v) is 16.8. The molecule has 0 spiro atoms. The smallest absolute Gasteiger partial charge is 0.416 e. The lowest BCUT2D eigenvalue weighted by molar-refractivity contribution is -0.137. The van der Waals surface area contributed by atoms with Crippen LogP contribution >= 0.6 is 0 Å². The van der Waals surface area contributed by atoms with Crippen LogP contribution < -0.4 is 10.1 Å². The summed E-state index contributed by atoms with van der Waals surface area (Å²) in [7, 11) is 1.53. The van der Waals surface area contributed by atoms with Crippen molar-refractivity contribution in [3.63, 3.8) is 0 Å². The molecule has 1 atom stereocenters. The number of ether oxygens (including phenoxy) is 1. The predicted octanol–water partition coefficient (Wildman–Crippen LogP) is 5.23. The Morgan fingerprint density at radius 3 is 2.07 bits per heavy atom. The van der Waals surface area contributed by atoms with E-state index in [9.17, 15) is 18.3 Å². The molecule has 0 aliphatic heterocycles. The van der Waals surface area contributed by atoms with Crippen molar-refractivity contribution >= 4 is 0 Å². The van der Waals surface area contributed by atoms with E-state index in [-0.39, 0.29) is 6.61 Å². The number of methoxy groups -OCH3 is 1. The Morgan fingerprint density at radius 1 is 0.867 bits per heavy atom. The quantitative estimate of drug-likeness (QED) is 0.556. The highest BCUT2D eigenvalue weighted by molar-refractivity contribution is 5.72. The van der Waals surface area contributed by atoms with Crippen LogP contribution in [0.1, 0.15) is 23.6 Å². The van der Waals surface area contributed by atoms with Crippen molar-refractivity contribution in [3.8, 4) is 16.9 Å². The predicted molar refractivity (Wildman–Crippen MR) is 111 cm³/mol. The summed E-state index contributed by atoms with van der Waals surface area (Å²) in [5, 5.41) is 12.7. The summed E-state index contributed by atoms with van der Waals surface area (Å²) in [5.74, 6) is 0.566. The second-order valence-corrected chi connectivity index (χ2v) is 7.13. The molecule has 1 unspecified atom stereocenters. The van der Waals surface area contributed by atoms with Gasteiger partial charge in [0.05, 0.1) is 24.8 Å². The van der Waals surface area contributed by atoms with E-state index in [4.69, 9.17) is 4.74 Å². The zero-order valence-electron chi connectivity index (χ0n) is 16.8. The Bertz CT molecular complexity index is 972. The monoisotopic (exact) mass is 415 g/mol. The van der Waals surface area contributed by atoms with E-state index < -0.39 is 17.3 Å². The number of benzene rings is 3. The Hall–Kier alpha value is -2.83. The Balaban J connectivity index is 2.10. The molecule has 0 heterocycles. The molecule has 3 rings (SSSR count). The largest absolute Gasteiger partial charge is 0.496 e. The van der Waals surface area contributed by atoms with Gasteiger partial charge in [-0.25, -0.2) is 0 Å². The molecule has 0 saturated carbocycles. The van der Waals surface area contributed by atoms with Crippen LogP contribution in [0, 0.1) is 0 Å². The second kappa shape index (κ2) is 8.90. The van der Waals surface area contributed by atoms with Gasteiger partial charge in [-0.3, -0.25) is 0 Å². The topological polar surface area (TPSA) is 41.5 Å². The molecule has 6 heteroatoms. The fraction of sp³-hybridized carbons (Fsp3) is 0.250. The molecule has 0 amide bonds. The summed E-state index contributed by atoms with van der Waals surface area (Å²) in [6.07, 6.45) is -4.38. The third-order valence-corrected chi connectivity index (χ3v) is 5.24. The second-order valence-electron chi connectivity index (χ2n) is 7.13. The van der Waals surface area contributed by atoms with Crippen LogP contribution in [0.25, 0.3) is 11.1 Å². The van der Waals surface area contributed by atoms with Crippen LogP contribution in [0.5, 0.6) is 5.75 Å². The molecule has 0 saturated heterocycles. The maximum Gasteiger partial charge on any atom is 0.416 e. The van der Waals surface area contributed by atoms with Crippen molar-refractivity contribution in [3.05, 3.63) is 89.5 Å². The summed E-state index contributed by atoms with van der Waals surface area (Å²) in [5.41, 5.74) is 1.91. The number of halogens is 3. The Labute approximate surface area is 174 Å². The van der Waals surface area contributed by atoms with Gasteiger partial charge in [-0.15, -0.1) is 0 Å². The lowest BCUT2D eigenvalue weighted by Crippen LogP contribution is -2.42. The van der Waals surface area contributed by atoms with E-state index >= 15 is 0 Å². The fourth-order valence-electron chi connectivity index (χ4n) is 3.53. The molecule has 3 aromatic rings. The first-order valence-corrected chi connectivity index (χ1v) is 9.57. The first-order valence-electron chi connectivity index (χ1n) is 9.57. The van der Waals surface area contributed by atoms with Crippen LogP contribution in [-0.4, -0.2) is 25.4 Å². The Morgan fingerprint density at radius 2 is 1.50 bits per heavy atom. The van der Waals surface area contributed by atoms with Gasteiger partial charge in [-0.1, -0.05) is 48.5 Å². The van der Waals surface area contributed by atoms with Crippen LogP contribution in [0.2, 0.25) is 0 Å². The van der Waals surface area contributed by atoms with E-state index in [2.05, 4.69) is 5.32 Å². The van der Waals surface area contributed by atoms with Crippen molar-refractivity contribution in [1.29, 1.82) is 0 Å². The van der Waals surface area contributed by atoms with Crippen molar-refractivity contribution in [1.82, 2.24) is 5.32 Å². The van der Waals surface area contributed by atoms with E-state index in [0.29, 0.717) is 23.4 Å². The van der Waals surface area contributed by atoms with Crippen LogP contribution in [0.3, 0.4) is 0 Å². The van der Waals surface area contributed by atoms with Gasteiger partial charge in [0, 0.05) is 12.1 Å². The van der Waals surface area contributed by atoms with Gasteiger partial charge < -0.3 is 15.2 Å². The summed E-state index contributed by atoms with van der Waals surface area (Å²) in [6.45, 7) is 2.37. The van der Waals surface area contributed by atoms with E-state index in [0.717, 1.165) is 23.3 Å². The number of aliphatic hydroxyl groups excluding tert-OH is 1. The molecular formula is C24H24F3NO2. The molecule has 2 N–H and O–H groups in total. The van der Waals surface area contributed by atoms with Crippen LogP contribution in [0.15, 0.2) is 72.8 Å². The summed E-state index contributed by atoms with van der Waals surface area (Å²) in [6, 6.07) is 20.5. The molecule has 0 fully saturated rings. The SMILES string of the molecule is COc1ccc(C(C)(NCCO)c2ccccc2)cc1-c1ccc(C(F)(F)F)cc1. The van der Waals surface area contributed by atoms with Gasteiger partial charge in [0.2, 0.25) is 0 Å². The number of hydrogen-bond donors (Lipinski definition) is 2. The number of hydrogen-bond acceptors (Lipinski definition) is 3. The van der Waals surface area contributed by atoms with E-state index in [1.165, 1.54) is 19.2 Å². The van der Waals surface area contributed by atoms with Crippen molar-refractivity contribution < 1.29 is 23.0 Å². The molecule has 3 aromatic carbocycles. The zero-order chi connectivity index (χ0) is 21.8. The lowest BCUT2D eigenvalue weighted by Gasteiger charge is -2.33. The van der Waals surface area contributed by atoms with Crippen molar-refractivity contribution in [2.75, 3.05) is 20.3 Å². The van der Waals surface area contributed by atoms with Gasteiger partial charge >= 0.3 is 6.18 Å². The number of nitrogens with one attached hydrogen (secondary N) is 1. The van der Waals surface area contributed by atoms with E-state index in [1.54, 1.807) is 0 Å². The normalized spacial score (nSPS) is 13.7. The summed E-state index contributed by atoms with van der Waals surface area (Å²) >= 11 is 0. The fourth-order valence-corrected chi connectivity index (χ4v) is 3.53. The van der Waals surface area contributed by atoms with Crippen molar-refractivity contribution in [2.24, 2.45) is 0 Å². The number of alkyl halides is 3. The minimum atomic E-state index is -4.38. The molecule has 0 bridgehead atoms. The van der Waals surface area contributed by atoms with Gasteiger partial charge in [0.25, 0.3) is 0 Å². The van der Waals surface area contributed by atoms with Crippen molar-refractivity contribution in [2.45, 2.75) is 18.6 Å². The van der Waals surface area contributed by atoms with Gasteiger partial charge in [-0.05, 0) is 47.9 Å². The van der Waals surface area contributed by atoms with Gasteiger partial charge in [0.15, 0.2) is 0 Å². The minimum Gasteiger partial charge on any atom is -0.496 e. The standard InChI is InChI=1S/C24H24F3NO2/c1-23(28-14-15-29,18-6-4-3-5-7-18)20-12-13-22(30-2)21(16-20)17-8-10-19(11-9-17)24(25,26)27/h3-13,16,28-29H,14-15H2,1-2H3. The molecule has 0 aliphatic rings. The molecular weight excluding hydrogens is 391 g/mol. The highest BCUT2D eigenvalue weighted by Crippen LogP contribution is 2.38. The third-order valence-electron chi connectivity index (χ3n) is 5.24. The first-order chi connectivity index (χ1) is 14.3. The maximum absolute atomic E-state index is 12.9. The number of aliphatic hydroxyl groups is 1. The molecule has 0 radical (unpaired) electrons. The number of rotatable bonds is 7. The molecule has 0 aliphatic carbocycles. The summed E-state index contributed by atoms with van der Waals surface area (Å²) in [4.78, 5) is 0. The lowest BCUT2D eigenvalue weighted by atomic mass is 9.83. The highest BCUT2D eigenvalue weighted by Gasteiger charge is 2.31. The molecule has 3 nitrogen and oxygen atoms in total. The Kier molecular flexibility index (Phi) is 6.48. The van der Waals surface area contributed by atoms with Crippen LogP contribution in [0.4, 0.5) is 13.2 Å². The summed E-state index contributed by atoms with van der Waals surface area (Å²) < 4.78 is 44.3. The molecule has 0 aromatic heterocycles. The highest BCUT2D eigenvalue weighted by atomic mass is 19.4. The van der Waals surface area contributed by atoms with Crippen LogP contribution in [-0.2, 0) is 11.7 Å². The molecule has 158 valence electrons. The average molecular weight is 415 g/mol. The first kappa shape index (κ1) is 21.9. The van der Waals surface area contributed by atoms with Gasteiger partial charge in [-0.2, -0.15) is 13.2 Å².